The van der Waals surface area contributed by atoms with E-state index in [0.717, 1.165) is 5.56 Å². The lowest BCUT2D eigenvalue weighted by atomic mass is 10.2. The number of amidine groups is 1. The van der Waals surface area contributed by atoms with Crippen molar-refractivity contribution < 1.29 is 9.84 Å². The third kappa shape index (κ3) is 3.06. The largest absolute Gasteiger partial charge is 0.508 e. The molecule has 0 unspecified atom stereocenters. The van der Waals surface area contributed by atoms with Gasteiger partial charge < -0.3 is 15.6 Å². The molecular weight excluding hydrogens is 180 g/mol. The van der Waals surface area contributed by atoms with Crippen LogP contribution in [-0.4, -0.2) is 31.2 Å². The first-order valence-corrected chi connectivity index (χ1v) is 4.32. The molecule has 4 nitrogen and oxygen atoms in total. The summed E-state index contributed by atoms with van der Waals surface area (Å²) in [5, 5.41) is 9.05. The Hall–Kier alpha value is -1.55. The van der Waals surface area contributed by atoms with Gasteiger partial charge in [0.15, 0.2) is 0 Å². The van der Waals surface area contributed by atoms with E-state index in [9.17, 15) is 0 Å². The maximum atomic E-state index is 9.05. The van der Waals surface area contributed by atoms with Crippen molar-refractivity contribution in [2.24, 2.45) is 10.7 Å². The van der Waals surface area contributed by atoms with Crippen molar-refractivity contribution >= 4 is 5.84 Å². The molecule has 0 aliphatic carbocycles. The van der Waals surface area contributed by atoms with Crippen LogP contribution in [0.5, 0.6) is 5.75 Å². The fourth-order valence-corrected chi connectivity index (χ4v) is 0.981. The van der Waals surface area contributed by atoms with Gasteiger partial charge >= 0.3 is 0 Å². The quantitative estimate of drug-likeness (QED) is 0.422. The third-order valence-electron chi connectivity index (χ3n) is 1.74. The summed E-state index contributed by atoms with van der Waals surface area (Å²) in [6.45, 7) is 1.10. The highest BCUT2D eigenvalue weighted by Crippen LogP contribution is 2.08. The topological polar surface area (TPSA) is 67.8 Å². The Kier molecular flexibility index (Phi) is 3.94. The van der Waals surface area contributed by atoms with Crippen LogP contribution >= 0.6 is 0 Å². The molecule has 3 N–H and O–H groups in total. The van der Waals surface area contributed by atoms with E-state index in [1.165, 1.54) is 0 Å². The van der Waals surface area contributed by atoms with Gasteiger partial charge in [-0.1, -0.05) is 0 Å². The zero-order chi connectivity index (χ0) is 10.4. The van der Waals surface area contributed by atoms with E-state index in [0.29, 0.717) is 19.0 Å². The first-order chi connectivity index (χ1) is 6.74. The van der Waals surface area contributed by atoms with Crippen molar-refractivity contribution in [2.45, 2.75) is 0 Å². The molecule has 1 rings (SSSR count). The summed E-state index contributed by atoms with van der Waals surface area (Å²) < 4.78 is 4.84. The molecular formula is C10H14N2O2. The maximum absolute atomic E-state index is 9.05. The molecule has 0 bridgehead atoms. The van der Waals surface area contributed by atoms with Gasteiger partial charge in [-0.15, -0.1) is 0 Å². The second kappa shape index (κ2) is 5.24. The minimum atomic E-state index is 0.221. The predicted octanol–water partition coefficient (Wildman–Crippen LogP) is 0.744. The smallest absolute Gasteiger partial charge is 0.125 e. The van der Waals surface area contributed by atoms with Gasteiger partial charge in [0.1, 0.15) is 11.6 Å². The zero-order valence-electron chi connectivity index (χ0n) is 8.10. The molecule has 0 saturated heterocycles. The summed E-state index contributed by atoms with van der Waals surface area (Å²) in [7, 11) is 1.62. The molecule has 0 heterocycles. The van der Waals surface area contributed by atoms with Crippen LogP contribution in [-0.2, 0) is 4.74 Å². The lowest BCUT2D eigenvalue weighted by Gasteiger charge is -2.01. The van der Waals surface area contributed by atoms with Gasteiger partial charge in [-0.05, 0) is 24.3 Å². The molecule has 1 aromatic rings. The van der Waals surface area contributed by atoms with Gasteiger partial charge in [-0.2, -0.15) is 0 Å². The minimum absolute atomic E-state index is 0.221. The number of methoxy groups -OCH3 is 1. The van der Waals surface area contributed by atoms with Crippen LogP contribution in [0.3, 0.4) is 0 Å². The van der Waals surface area contributed by atoms with E-state index in [1.807, 2.05) is 0 Å². The number of aliphatic imine (C=N–C) groups is 1. The average Bonchev–Trinajstić information content (AvgIpc) is 2.19. The number of hydrogen-bond donors (Lipinski definition) is 2. The summed E-state index contributed by atoms with van der Waals surface area (Å²) >= 11 is 0. The summed E-state index contributed by atoms with van der Waals surface area (Å²) in [4.78, 5) is 4.10. The Morgan fingerprint density at radius 1 is 1.43 bits per heavy atom. The second-order valence-electron chi connectivity index (χ2n) is 2.81. The number of ether oxygens (including phenoxy) is 1. The molecule has 0 radical (unpaired) electrons. The summed E-state index contributed by atoms with van der Waals surface area (Å²) in [5.41, 5.74) is 6.50. The first-order valence-electron chi connectivity index (χ1n) is 4.32. The molecule has 76 valence electrons. The Labute approximate surface area is 83.0 Å². The van der Waals surface area contributed by atoms with Crippen molar-refractivity contribution in [1.29, 1.82) is 0 Å². The summed E-state index contributed by atoms with van der Waals surface area (Å²) in [6, 6.07) is 6.60. The summed E-state index contributed by atoms with van der Waals surface area (Å²) in [6.07, 6.45) is 0. The van der Waals surface area contributed by atoms with E-state index >= 15 is 0 Å². The molecule has 4 heteroatoms. The fraction of sp³-hybridized carbons (Fsp3) is 0.300. The predicted molar refractivity (Wildman–Crippen MR) is 55.6 cm³/mol. The lowest BCUT2D eigenvalue weighted by Crippen LogP contribution is -2.14. The minimum Gasteiger partial charge on any atom is -0.508 e. The van der Waals surface area contributed by atoms with Crippen LogP contribution in [0.15, 0.2) is 29.3 Å². The lowest BCUT2D eigenvalue weighted by molar-refractivity contribution is 0.208. The molecule has 0 spiro atoms. The van der Waals surface area contributed by atoms with Gasteiger partial charge in [0.05, 0.1) is 13.2 Å². The Morgan fingerprint density at radius 3 is 2.64 bits per heavy atom. The highest BCUT2D eigenvalue weighted by atomic mass is 16.5. The van der Waals surface area contributed by atoms with E-state index in [4.69, 9.17) is 15.6 Å². The fourth-order valence-electron chi connectivity index (χ4n) is 0.981. The van der Waals surface area contributed by atoms with Gasteiger partial charge in [0.25, 0.3) is 0 Å². The second-order valence-corrected chi connectivity index (χ2v) is 2.81. The van der Waals surface area contributed by atoms with Crippen LogP contribution in [0.4, 0.5) is 0 Å². The molecule has 0 aliphatic heterocycles. The van der Waals surface area contributed by atoms with Crippen molar-refractivity contribution in [3.05, 3.63) is 29.8 Å². The number of hydrogen-bond acceptors (Lipinski definition) is 3. The normalized spacial score (nSPS) is 11.6. The number of nitrogens with two attached hydrogens (primary N) is 1. The summed E-state index contributed by atoms with van der Waals surface area (Å²) in [5.74, 6) is 0.681. The SMILES string of the molecule is COCCN=C(N)c1ccc(O)cc1. The molecule has 0 saturated carbocycles. The van der Waals surface area contributed by atoms with E-state index < -0.39 is 0 Å². The molecule has 1 aromatic carbocycles. The van der Waals surface area contributed by atoms with Crippen molar-refractivity contribution in [3.8, 4) is 5.75 Å². The van der Waals surface area contributed by atoms with Crippen LogP contribution < -0.4 is 5.73 Å². The monoisotopic (exact) mass is 194 g/mol. The standard InChI is InChI=1S/C10H14N2O2/c1-14-7-6-12-10(11)8-2-4-9(13)5-3-8/h2-5,13H,6-7H2,1H3,(H2,11,12). The van der Waals surface area contributed by atoms with Crippen LogP contribution in [0.25, 0.3) is 0 Å². The van der Waals surface area contributed by atoms with Crippen molar-refractivity contribution in [1.82, 2.24) is 0 Å². The zero-order valence-corrected chi connectivity index (χ0v) is 8.10. The molecule has 14 heavy (non-hydrogen) atoms. The van der Waals surface area contributed by atoms with E-state index in [-0.39, 0.29) is 5.75 Å². The van der Waals surface area contributed by atoms with Gasteiger partial charge in [-0.25, -0.2) is 0 Å². The van der Waals surface area contributed by atoms with Gasteiger partial charge in [0.2, 0.25) is 0 Å². The number of aromatic hydroxyl groups is 1. The highest BCUT2D eigenvalue weighted by Gasteiger charge is 1.96. The average molecular weight is 194 g/mol. The number of phenols is 1. The van der Waals surface area contributed by atoms with E-state index in [2.05, 4.69) is 4.99 Å². The number of nitrogens with zero attached hydrogens (tertiary/aromatic N) is 1. The Bertz CT molecular complexity index is 306. The van der Waals surface area contributed by atoms with Crippen LogP contribution in [0, 0.1) is 0 Å². The number of phenolic OH excluding ortho intramolecular Hbond substituents is 1. The molecule has 0 atom stereocenters. The van der Waals surface area contributed by atoms with Crippen molar-refractivity contribution in [3.63, 3.8) is 0 Å². The third-order valence-corrected chi connectivity index (χ3v) is 1.74. The molecule has 0 fully saturated rings. The van der Waals surface area contributed by atoms with Gasteiger partial charge in [-0.3, -0.25) is 4.99 Å². The Morgan fingerprint density at radius 2 is 2.07 bits per heavy atom. The molecule has 0 amide bonds. The maximum Gasteiger partial charge on any atom is 0.125 e. The van der Waals surface area contributed by atoms with Gasteiger partial charge in [0, 0.05) is 12.7 Å². The van der Waals surface area contributed by atoms with Crippen molar-refractivity contribution in [2.75, 3.05) is 20.3 Å². The number of benzene rings is 1. The van der Waals surface area contributed by atoms with Crippen LogP contribution in [0.1, 0.15) is 5.56 Å². The molecule has 0 aromatic heterocycles. The Balaban J connectivity index is 2.64. The highest BCUT2D eigenvalue weighted by molar-refractivity contribution is 5.97. The van der Waals surface area contributed by atoms with E-state index in [1.54, 1.807) is 31.4 Å². The van der Waals surface area contributed by atoms with Crippen LogP contribution in [0.2, 0.25) is 0 Å². The number of rotatable bonds is 4. The molecule has 0 aliphatic rings. The first kappa shape index (κ1) is 10.5.